The number of aromatic nitrogens is 2. The van der Waals surface area contributed by atoms with E-state index in [0.717, 1.165) is 4.55 Å². The molecule has 0 atom stereocenters. The van der Waals surface area contributed by atoms with Crippen molar-refractivity contribution in [3.63, 3.8) is 0 Å². The molecule has 0 aliphatic carbocycles. The van der Waals surface area contributed by atoms with Gasteiger partial charge in [0, 0.05) is 6.20 Å². The van der Waals surface area contributed by atoms with Gasteiger partial charge < -0.3 is 0 Å². The fraction of sp³-hybridized carbons (Fsp3) is 0.571. The van der Waals surface area contributed by atoms with Gasteiger partial charge in [0.2, 0.25) is 0 Å². The van der Waals surface area contributed by atoms with E-state index in [9.17, 15) is 0 Å². The number of nitrogens with zero attached hydrogens (tertiary/aromatic N) is 2. The first-order valence-electron chi connectivity index (χ1n) is 3.33. The van der Waals surface area contributed by atoms with Gasteiger partial charge in [-0.3, -0.25) is 4.68 Å². The van der Waals surface area contributed by atoms with Gasteiger partial charge in [0.1, 0.15) is 0 Å². The van der Waals surface area contributed by atoms with Crippen LogP contribution in [0.5, 0.6) is 0 Å². The van der Waals surface area contributed by atoms with E-state index >= 15 is 0 Å². The Bertz CT molecular complexity index is 205. The lowest BCUT2D eigenvalue weighted by Crippen LogP contribution is -1.94. The van der Waals surface area contributed by atoms with E-state index in [1.807, 2.05) is 10.9 Å². The normalized spacial score (nSPS) is 10.8. The molecule has 3 heteroatoms. The minimum Gasteiger partial charge on any atom is -0.263 e. The number of alkyl halides is 1. The number of halogens is 1. The number of rotatable bonds is 2. The first kappa shape index (κ1) is 8.04. The van der Waals surface area contributed by atoms with Crippen LogP contribution >= 0.6 is 22.6 Å². The highest BCUT2D eigenvalue weighted by molar-refractivity contribution is 14.1. The molecule has 0 unspecified atom stereocenters. The summed E-state index contributed by atoms with van der Waals surface area (Å²) in [6.07, 6.45) is 2.02. The van der Waals surface area contributed by atoms with Gasteiger partial charge in [-0.2, -0.15) is 5.10 Å². The second-order valence-electron chi connectivity index (χ2n) is 2.55. The third kappa shape index (κ3) is 1.71. The SMILES string of the molecule is CC(C)c1ccn(CI)n1. The molecule has 0 spiro atoms. The van der Waals surface area contributed by atoms with Crippen LogP contribution in [-0.4, -0.2) is 9.78 Å². The van der Waals surface area contributed by atoms with Crippen LogP contribution in [0.2, 0.25) is 0 Å². The molecule has 0 aromatic carbocycles. The third-order valence-corrected chi connectivity index (χ3v) is 2.07. The Morgan fingerprint density at radius 1 is 1.70 bits per heavy atom. The maximum Gasteiger partial charge on any atom is 0.0923 e. The second-order valence-corrected chi connectivity index (χ2v) is 3.24. The van der Waals surface area contributed by atoms with Crippen molar-refractivity contribution in [3.05, 3.63) is 18.0 Å². The van der Waals surface area contributed by atoms with Crippen molar-refractivity contribution in [1.82, 2.24) is 9.78 Å². The lowest BCUT2D eigenvalue weighted by molar-refractivity contribution is 0.713. The Morgan fingerprint density at radius 3 is 2.70 bits per heavy atom. The van der Waals surface area contributed by atoms with Gasteiger partial charge in [-0.1, -0.05) is 36.4 Å². The van der Waals surface area contributed by atoms with E-state index in [0.29, 0.717) is 5.92 Å². The molecule has 1 aromatic rings. The minimum absolute atomic E-state index is 0.546. The molecule has 0 radical (unpaired) electrons. The van der Waals surface area contributed by atoms with Crippen molar-refractivity contribution in [2.75, 3.05) is 0 Å². The highest BCUT2D eigenvalue weighted by atomic mass is 127. The predicted octanol–water partition coefficient (Wildman–Crippen LogP) is 2.40. The quantitative estimate of drug-likeness (QED) is 0.582. The summed E-state index contributed by atoms with van der Waals surface area (Å²) in [5, 5.41) is 4.34. The van der Waals surface area contributed by atoms with Crippen LogP contribution in [0.1, 0.15) is 25.5 Å². The average molecular weight is 250 g/mol. The van der Waals surface area contributed by atoms with Gasteiger partial charge in [0.05, 0.1) is 10.2 Å². The lowest BCUT2D eigenvalue weighted by Gasteiger charge is -1.96. The lowest BCUT2D eigenvalue weighted by atomic mass is 10.1. The topological polar surface area (TPSA) is 17.8 Å². The highest BCUT2D eigenvalue weighted by Crippen LogP contribution is 2.10. The van der Waals surface area contributed by atoms with Gasteiger partial charge in [0.15, 0.2) is 0 Å². The molecule has 0 amide bonds. The predicted molar refractivity (Wildman–Crippen MR) is 50.3 cm³/mol. The summed E-state index contributed by atoms with van der Waals surface area (Å²) in [5.41, 5.74) is 1.18. The van der Waals surface area contributed by atoms with E-state index in [-0.39, 0.29) is 0 Å². The van der Waals surface area contributed by atoms with Gasteiger partial charge in [-0.15, -0.1) is 0 Å². The molecule has 0 bridgehead atoms. The van der Waals surface area contributed by atoms with E-state index in [1.165, 1.54) is 5.69 Å². The molecule has 0 saturated heterocycles. The Balaban J connectivity index is 2.78. The Labute approximate surface area is 74.8 Å². The van der Waals surface area contributed by atoms with Crippen molar-refractivity contribution in [3.8, 4) is 0 Å². The number of hydrogen-bond acceptors (Lipinski definition) is 1. The molecule has 1 heterocycles. The summed E-state index contributed by atoms with van der Waals surface area (Å²) in [5.74, 6) is 0.546. The van der Waals surface area contributed by atoms with Crippen molar-refractivity contribution < 1.29 is 0 Å². The molecule has 1 aromatic heterocycles. The molecule has 56 valence electrons. The zero-order valence-corrected chi connectivity index (χ0v) is 8.37. The summed E-state index contributed by atoms with van der Waals surface area (Å²) in [7, 11) is 0. The molecule has 0 saturated carbocycles. The van der Waals surface area contributed by atoms with Crippen LogP contribution < -0.4 is 0 Å². The van der Waals surface area contributed by atoms with Crippen molar-refractivity contribution >= 4 is 22.6 Å². The van der Waals surface area contributed by atoms with E-state index in [4.69, 9.17) is 0 Å². The maximum atomic E-state index is 4.34. The maximum absolute atomic E-state index is 4.34. The molecule has 0 aliphatic heterocycles. The summed E-state index contributed by atoms with van der Waals surface area (Å²) < 4.78 is 2.88. The standard InChI is InChI=1S/C7H11IN2/c1-6(2)7-3-4-10(5-8)9-7/h3-4,6H,5H2,1-2H3. The van der Waals surface area contributed by atoms with Crippen LogP contribution in [0.25, 0.3) is 0 Å². The summed E-state index contributed by atoms with van der Waals surface area (Å²) in [4.78, 5) is 0. The first-order chi connectivity index (χ1) is 4.74. The van der Waals surface area contributed by atoms with Crippen molar-refractivity contribution in [1.29, 1.82) is 0 Å². The highest BCUT2D eigenvalue weighted by Gasteiger charge is 2.00. The molecule has 10 heavy (non-hydrogen) atoms. The average Bonchev–Trinajstić information content (AvgIpc) is 2.34. The van der Waals surface area contributed by atoms with Gasteiger partial charge >= 0.3 is 0 Å². The summed E-state index contributed by atoms with van der Waals surface area (Å²) in [6.45, 7) is 4.31. The second kappa shape index (κ2) is 3.37. The molecule has 0 fully saturated rings. The number of hydrogen-bond donors (Lipinski definition) is 0. The molecule has 2 nitrogen and oxygen atoms in total. The first-order valence-corrected chi connectivity index (χ1v) is 4.86. The zero-order chi connectivity index (χ0) is 7.56. The fourth-order valence-corrected chi connectivity index (χ4v) is 1.13. The monoisotopic (exact) mass is 250 g/mol. The fourth-order valence-electron chi connectivity index (χ4n) is 0.752. The van der Waals surface area contributed by atoms with Gasteiger partial charge in [-0.25, -0.2) is 0 Å². The van der Waals surface area contributed by atoms with E-state index in [2.05, 4.69) is 47.6 Å². The molecule has 0 N–H and O–H groups in total. The van der Waals surface area contributed by atoms with E-state index in [1.54, 1.807) is 0 Å². The Kier molecular flexibility index (Phi) is 2.71. The molecular formula is C7H11IN2. The van der Waals surface area contributed by atoms with Crippen LogP contribution in [0.3, 0.4) is 0 Å². The Morgan fingerprint density at radius 2 is 2.40 bits per heavy atom. The van der Waals surface area contributed by atoms with Crippen LogP contribution in [0, 0.1) is 0 Å². The van der Waals surface area contributed by atoms with Crippen molar-refractivity contribution in [2.45, 2.75) is 24.3 Å². The zero-order valence-electron chi connectivity index (χ0n) is 6.21. The van der Waals surface area contributed by atoms with Crippen LogP contribution in [0.4, 0.5) is 0 Å². The largest absolute Gasteiger partial charge is 0.263 e. The van der Waals surface area contributed by atoms with E-state index < -0.39 is 0 Å². The molecular weight excluding hydrogens is 239 g/mol. The molecule has 1 rings (SSSR count). The van der Waals surface area contributed by atoms with Crippen LogP contribution in [-0.2, 0) is 4.55 Å². The van der Waals surface area contributed by atoms with Crippen molar-refractivity contribution in [2.24, 2.45) is 0 Å². The molecule has 0 aliphatic rings. The van der Waals surface area contributed by atoms with Gasteiger partial charge in [0.25, 0.3) is 0 Å². The smallest absolute Gasteiger partial charge is 0.0923 e. The summed E-state index contributed by atoms with van der Waals surface area (Å²) >= 11 is 2.29. The Hall–Kier alpha value is -0.0600. The third-order valence-electron chi connectivity index (χ3n) is 1.38. The van der Waals surface area contributed by atoms with Crippen LogP contribution in [0.15, 0.2) is 12.3 Å². The summed E-state index contributed by atoms with van der Waals surface area (Å²) in [6, 6.07) is 2.07. The minimum atomic E-state index is 0.546. The van der Waals surface area contributed by atoms with Gasteiger partial charge in [-0.05, 0) is 12.0 Å².